The van der Waals surface area contributed by atoms with Crippen LogP contribution in [0.3, 0.4) is 0 Å². The third-order valence-electron chi connectivity index (χ3n) is 5.38. The monoisotopic (exact) mass is 420 g/mol. The van der Waals surface area contributed by atoms with Crippen molar-refractivity contribution in [3.05, 3.63) is 97.1 Å². The van der Waals surface area contributed by atoms with Gasteiger partial charge in [-0.3, -0.25) is 9.67 Å². The summed E-state index contributed by atoms with van der Waals surface area (Å²) < 4.78 is 8.01. The van der Waals surface area contributed by atoms with Gasteiger partial charge in [-0.1, -0.05) is 31.2 Å². The molecule has 0 aliphatic heterocycles. The van der Waals surface area contributed by atoms with Gasteiger partial charge < -0.3 is 4.74 Å². The summed E-state index contributed by atoms with van der Waals surface area (Å²) in [5.74, 6) is 0.808. The lowest BCUT2D eigenvalue weighted by molar-refractivity contribution is 0.302. The van der Waals surface area contributed by atoms with Crippen LogP contribution in [0.2, 0.25) is 0 Å². The Bertz CT molecular complexity index is 1330. The highest BCUT2D eigenvalue weighted by atomic mass is 16.5. The summed E-state index contributed by atoms with van der Waals surface area (Å²) >= 11 is 0. The number of ether oxygens (including phenoxy) is 1. The van der Waals surface area contributed by atoms with E-state index in [4.69, 9.17) is 9.84 Å². The van der Waals surface area contributed by atoms with E-state index >= 15 is 0 Å². The van der Waals surface area contributed by atoms with Crippen LogP contribution in [0.5, 0.6) is 5.75 Å². The molecule has 32 heavy (non-hydrogen) atoms. The number of fused-ring (bicyclic) bond motifs is 1. The molecule has 5 heteroatoms. The minimum atomic E-state index is 0.428. The maximum absolute atomic E-state index is 5.99. The molecule has 3 aromatic heterocycles. The zero-order valence-electron chi connectivity index (χ0n) is 18.0. The zero-order valence-corrected chi connectivity index (χ0v) is 18.0. The van der Waals surface area contributed by atoms with Crippen LogP contribution in [-0.2, 0) is 13.2 Å². The maximum atomic E-state index is 5.99. The fourth-order valence-corrected chi connectivity index (χ4v) is 3.78. The molecule has 5 rings (SSSR count). The quantitative estimate of drug-likeness (QED) is 0.317. The molecular weight excluding hydrogens is 396 g/mol. The molecule has 5 aromatic rings. The van der Waals surface area contributed by atoms with Crippen LogP contribution in [0.15, 0.2) is 91.4 Å². The van der Waals surface area contributed by atoms with Crippen LogP contribution in [0.25, 0.3) is 33.3 Å². The third-order valence-corrected chi connectivity index (χ3v) is 5.38. The first-order chi connectivity index (χ1) is 15.8. The van der Waals surface area contributed by atoms with Crippen LogP contribution in [0.1, 0.15) is 19.0 Å². The standard InChI is InChI=1S/C27H24N4O/c1-2-17-31-18-25(20-13-15-28-16-14-20)27(30-31)22-8-11-24(12-9-22)32-19-23-10-7-21-5-3-4-6-26(21)29-23/h3-16,18H,2,17,19H2,1H3. The molecule has 0 atom stereocenters. The Morgan fingerprint density at radius 2 is 1.66 bits per heavy atom. The Morgan fingerprint density at radius 3 is 2.47 bits per heavy atom. The fourth-order valence-electron chi connectivity index (χ4n) is 3.78. The lowest BCUT2D eigenvalue weighted by atomic mass is 10.0. The van der Waals surface area contributed by atoms with Gasteiger partial charge in [0.2, 0.25) is 0 Å². The van der Waals surface area contributed by atoms with E-state index in [1.54, 1.807) is 0 Å². The lowest BCUT2D eigenvalue weighted by Gasteiger charge is -2.08. The summed E-state index contributed by atoms with van der Waals surface area (Å²) in [6.07, 6.45) is 6.78. The van der Waals surface area contributed by atoms with Crippen molar-refractivity contribution in [3.63, 3.8) is 0 Å². The molecular formula is C27H24N4O. The first kappa shape index (κ1) is 19.9. The molecule has 0 amide bonds. The van der Waals surface area contributed by atoms with E-state index in [9.17, 15) is 0 Å². The number of benzene rings is 2. The molecule has 0 aliphatic carbocycles. The van der Waals surface area contributed by atoms with Crippen LogP contribution < -0.4 is 4.74 Å². The van der Waals surface area contributed by atoms with Crippen LogP contribution >= 0.6 is 0 Å². The zero-order chi connectivity index (χ0) is 21.8. The molecule has 158 valence electrons. The lowest BCUT2D eigenvalue weighted by Crippen LogP contribution is -1.98. The van der Waals surface area contributed by atoms with Crippen LogP contribution in [-0.4, -0.2) is 19.7 Å². The van der Waals surface area contributed by atoms with Gasteiger partial charge in [0.1, 0.15) is 18.1 Å². The highest BCUT2D eigenvalue weighted by molar-refractivity contribution is 5.80. The van der Waals surface area contributed by atoms with E-state index in [-0.39, 0.29) is 0 Å². The van der Waals surface area contributed by atoms with Crippen molar-refractivity contribution in [1.29, 1.82) is 0 Å². The molecule has 5 nitrogen and oxygen atoms in total. The van der Waals surface area contributed by atoms with Gasteiger partial charge >= 0.3 is 0 Å². The van der Waals surface area contributed by atoms with Crippen molar-refractivity contribution in [2.24, 2.45) is 0 Å². The molecule has 0 saturated heterocycles. The SMILES string of the molecule is CCCn1cc(-c2ccncc2)c(-c2ccc(OCc3ccc4ccccc4n3)cc2)n1. The maximum Gasteiger partial charge on any atom is 0.130 e. The van der Waals surface area contributed by atoms with Gasteiger partial charge in [-0.05, 0) is 60.5 Å². The van der Waals surface area contributed by atoms with Gasteiger partial charge in [-0.25, -0.2) is 4.98 Å². The number of hydrogen-bond donors (Lipinski definition) is 0. The Kier molecular flexibility index (Phi) is 5.62. The average molecular weight is 421 g/mol. The van der Waals surface area contributed by atoms with Crippen molar-refractivity contribution < 1.29 is 4.74 Å². The van der Waals surface area contributed by atoms with Crippen molar-refractivity contribution in [3.8, 4) is 28.1 Å². The molecule has 3 heterocycles. The molecule has 0 unspecified atom stereocenters. The highest BCUT2D eigenvalue weighted by Crippen LogP contribution is 2.32. The minimum Gasteiger partial charge on any atom is -0.487 e. The van der Waals surface area contributed by atoms with Crippen molar-refractivity contribution in [1.82, 2.24) is 19.7 Å². The first-order valence-corrected chi connectivity index (χ1v) is 10.9. The molecule has 0 spiro atoms. The van der Waals surface area contributed by atoms with Crippen molar-refractivity contribution in [2.45, 2.75) is 26.5 Å². The molecule has 0 aliphatic rings. The minimum absolute atomic E-state index is 0.428. The van der Waals surface area contributed by atoms with Crippen LogP contribution in [0.4, 0.5) is 0 Å². The second-order valence-corrected chi connectivity index (χ2v) is 7.70. The number of pyridine rings is 2. The van der Waals surface area contributed by atoms with Gasteiger partial charge in [0.15, 0.2) is 0 Å². The Balaban J connectivity index is 1.36. The number of rotatable bonds is 7. The number of aryl methyl sites for hydroxylation is 1. The number of hydrogen-bond acceptors (Lipinski definition) is 4. The van der Waals surface area contributed by atoms with Gasteiger partial charge in [-0.15, -0.1) is 0 Å². The van der Waals surface area contributed by atoms with E-state index in [1.165, 1.54) is 0 Å². The predicted octanol–water partition coefficient (Wildman–Crippen LogP) is 6.15. The van der Waals surface area contributed by atoms with E-state index in [1.807, 2.05) is 65.6 Å². The summed E-state index contributed by atoms with van der Waals surface area (Å²) in [7, 11) is 0. The number of aromatic nitrogens is 4. The summed E-state index contributed by atoms with van der Waals surface area (Å²) in [4.78, 5) is 8.82. The normalized spacial score (nSPS) is 11.0. The first-order valence-electron chi connectivity index (χ1n) is 10.9. The average Bonchev–Trinajstić information content (AvgIpc) is 3.28. The molecule has 2 aromatic carbocycles. The summed E-state index contributed by atoms with van der Waals surface area (Å²) in [5, 5.41) is 5.98. The molecule has 0 N–H and O–H groups in total. The Hall–Kier alpha value is -3.99. The van der Waals surface area contributed by atoms with Crippen molar-refractivity contribution in [2.75, 3.05) is 0 Å². The van der Waals surface area contributed by atoms with E-state index in [2.05, 4.69) is 47.4 Å². The topological polar surface area (TPSA) is 52.8 Å². The summed E-state index contributed by atoms with van der Waals surface area (Å²) in [6.45, 7) is 3.47. The predicted molar refractivity (Wildman–Crippen MR) is 127 cm³/mol. The smallest absolute Gasteiger partial charge is 0.130 e. The number of para-hydroxylation sites is 1. The van der Waals surface area contributed by atoms with Gasteiger partial charge in [0.25, 0.3) is 0 Å². The summed E-state index contributed by atoms with van der Waals surface area (Å²) in [5.41, 5.74) is 6.13. The Labute approximate surface area is 187 Å². The molecule has 0 fully saturated rings. The second-order valence-electron chi connectivity index (χ2n) is 7.70. The fraction of sp³-hybridized carbons (Fsp3) is 0.148. The molecule has 0 saturated carbocycles. The van der Waals surface area contributed by atoms with E-state index in [0.29, 0.717) is 6.61 Å². The largest absolute Gasteiger partial charge is 0.487 e. The van der Waals surface area contributed by atoms with Crippen molar-refractivity contribution >= 4 is 10.9 Å². The van der Waals surface area contributed by atoms with Crippen LogP contribution in [0, 0.1) is 0 Å². The van der Waals surface area contributed by atoms with E-state index < -0.39 is 0 Å². The molecule has 0 radical (unpaired) electrons. The van der Waals surface area contributed by atoms with Gasteiger partial charge in [0, 0.05) is 41.6 Å². The molecule has 0 bridgehead atoms. The third kappa shape index (κ3) is 4.23. The second kappa shape index (κ2) is 9.02. The van der Waals surface area contributed by atoms with Gasteiger partial charge in [0.05, 0.1) is 11.2 Å². The van der Waals surface area contributed by atoms with Gasteiger partial charge in [-0.2, -0.15) is 5.10 Å². The summed E-state index contributed by atoms with van der Waals surface area (Å²) in [6, 6.07) is 24.3. The Morgan fingerprint density at radius 1 is 0.844 bits per heavy atom. The highest BCUT2D eigenvalue weighted by Gasteiger charge is 2.13. The number of nitrogens with zero attached hydrogens (tertiary/aromatic N) is 4. The van der Waals surface area contributed by atoms with E-state index in [0.717, 1.165) is 57.7 Å².